The topological polar surface area (TPSA) is 83.5 Å². The summed E-state index contributed by atoms with van der Waals surface area (Å²) in [5.41, 5.74) is 0. The molecule has 0 heterocycles. The van der Waals surface area contributed by atoms with Crippen LogP contribution in [-0.2, 0) is 20.4 Å². The first kappa shape index (κ1) is 15.1. The van der Waals surface area contributed by atoms with Crippen molar-refractivity contribution in [3.05, 3.63) is 0 Å². The molecule has 5 nitrogen and oxygen atoms in total. The van der Waals surface area contributed by atoms with Gasteiger partial charge in [-0.15, -0.1) is 0 Å². The van der Waals surface area contributed by atoms with E-state index in [1.807, 2.05) is 13.8 Å². The summed E-state index contributed by atoms with van der Waals surface area (Å²) in [7, 11) is -1.43. The average Bonchev–Trinajstić information content (AvgIpc) is 2.24. The van der Waals surface area contributed by atoms with Crippen molar-refractivity contribution < 1.29 is 18.9 Å². The first-order valence-corrected chi connectivity index (χ1v) is 6.66. The Balaban J connectivity index is 4.11. The van der Waals surface area contributed by atoms with Gasteiger partial charge < -0.3 is 10.4 Å². The van der Waals surface area contributed by atoms with Crippen LogP contribution in [0.1, 0.15) is 33.6 Å². The largest absolute Gasteiger partial charge is 0.481 e. The molecule has 0 radical (unpaired) electrons. The van der Waals surface area contributed by atoms with Gasteiger partial charge in [-0.05, 0) is 20.3 Å². The Kier molecular flexibility index (Phi) is 6.96. The fourth-order valence-electron chi connectivity index (χ4n) is 0.946. The highest BCUT2D eigenvalue weighted by Gasteiger charge is 2.21. The zero-order valence-corrected chi connectivity index (χ0v) is 10.7. The lowest BCUT2D eigenvalue weighted by molar-refractivity contribution is -0.136. The molecule has 3 atom stereocenters. The lowest BCUT2D eigenvalue weighted by Crippen LogP contribution is -2.40. The second-order valence-electron chi connectivity index (χ2n) is 3.69. The van der Waals surface area contributed by atoms with Gasteiger partial charge in [-0.1, -0.05) is 6.92 Å². The number of carbonyl (C=O) groups is 2. The third-order valence-electron chi connectivity index (χ3n) is 2.28. The summed E-state index contributed by atoms with van der Waals surface area (Å²) in [4.78, 5) is 21.8. The van der Waals surface area contributed by atoms with Crippen LogP contribution in [0.5, 0.6) is 0 Å². The van der Waals surface area contributed by atoms with E-state index in [0.29, 0.717) is 0 Å². The number of rotatable bonds is 7. The highest BCUT2D eigenvalue weighted by molar-refractivity contribution is 7.86. The molecule has 94 valence electrons. The summed E-state index contributed by atoms with van der Waals surface area (Å²) >= 11 is 0. The van der Waals surface area contributed by atoms with Crippen molar-refractivity contribution in [1.29, 1.82) is 0 Å². The number of hydrogen-bond acceptors (Lipinski definition) is 3. The van der Waals surface area contributed by atoms with E-state index in [2.05, 4.69) is 5.32 Å². The zero-order valence-electron chi connectivity index (χ0n) is 9.86. The number of nitrogens with one attached hydrogen (secondary N) is 1. The standard InChI is InChI=1S/C10H19NO4S/c1-4-7(2)11-10(14)8(3)16(15)6-5-9(12)13/h7-8H,4-6H2,1-3H3,(H,11,14)(H,12,13). The van der Waals surface area contributed by atoms with E-state index < -0.39 is 22.0 Å². The van der Waals surface area contributed by atoms with Crippen LogP contribution in [0.15, 0.2) is 0 Å². The summed E-state index contributed by atoms with van der Waals surface area (Å²) in [6, 6.07) is 0.0476. The van der Waals surface area contributed by atoms with E-state index in [9.17, 15) is 13.8 Å². The molecular formula is C10H19NO4S. The molecule has 1 amide bonds. The lowest BCUT2D eigenvalue weighted by Gasteiger charge is -2.15. The number of carbonyl (C=O) groups excluding carboxylic acids is 1. The molecule has 0 spiro atoms. The van der Waals surface area contributed by atoms with Crippen molar-refractivity contribution in [3.8, 4) is 0 Å². The maximum absolute atomic E-state index is 11.5. The van der Waals surface area contributed by atoms with Crippen molar-refractivity contribution in [1.82, 2.24) is 5.32 Å². The van der Waals surface area contributed by atoms with E-state index in [1.165, 1.54) is 0 Å². The quantitative estimate of drug-likeness (QED) is 0.688. The predicted molar refractivity (Wildman–Crippen MR) is 62.6 cm³/mol. The Hall–Kier alpha value is -0.910. The fourth-order valence-corrected chi connectivity index (χ4v) is 1.98. The molecule has 0 bridgehead atoms. The van der Waals surface area contributed by atoms with Crippen LogP contribution in [-0.4, -0.2) is 38.2 Å². The molecule has 0 aromatic rings. The Labute approximate surface area is 98.1 Å². The van der Waals surface area contributed by atoms with Crippen molar-refractivity contribution in [3.63, 3.8) is 0 Å². The summed E-state index contributed by atoms with van der Waals surface area (Å²) in [6.07, 6.45) is 0.633. The van der Waals surface area contributed by atoms with Crippen LogP contribution in [0.4, 0.5) is 0 Å². The number of carboxylic acid groups (broad SMARTS) is 1. The van der Waals surface area contributed by atoms with E-state index in [4.69, 9.17) is 5.11 Å². The number of carboxylic acids is 1. The highest BCUT2D eigenvalue weighted by Crippen LogP contribution is 2.00. The minimum atomic E-state index is -1.43. The maximum atomic E-state index is 11.5. The molecule has 3 unspecified atom stereocenters. The zero-order chi connectivity index (χ0) is 12.7. The Bertz CT molecular complexity index is 280. The molecule has 0 saturated carbocycles. The molecule has 0 aromatic heterocycles. The Morgan fingerprint density at radius 3 is 2.38 bits per heavy atom. The molecule has 0 aliphatic heterocycles. The summed E-state index contributed by atoms with van der Waals surface area (Å²) in [6.45, 7) is 5.36. The van der Waals surface area contributed by atoms with Gasteiger partial charge in [-0.2, -0.15) is 0 Å². The normalized spacial score (nSPS) is 16.2. The van der Waals surface area contributed by atoms with E-state index in [0.717, 1.165) is 6.42 Å². The second kappa shape index (κ2) is 7.38. The van der Waals surface area contributed by atoms with Crippen LogP contribution in [0.2, 0.25) is 0 Å². The second-order valence-corrected chi connectivity index (χ2v) is 5.57. The lowest BCUT2D eigenvalue weighted by atomic mass is 10.2. The van der Waals surface area contributed by atoms with Crippen molar-refractivity contribution in [2.75, 3.05) is 5.75 Å². The van der Waals surface area contributed by atoms with Gasteiger partial charge in [-0.25, -0.2) is 0 Å². The van der Waals surface area contributed by atoms with E-state index in [1.54, 1.807) is 6.92 Å². The van der Waals surface area contributed by atoms with E-state index >= 15 is 0 Å². The van der Waals surface area contributed by atoms with Gasteiger partial charge in [0, 0.05) is 22.6 Å². The van der Waals surface area contributed by atoms with Gasteiger partial charge in [0.1, 0.15) is 5.25 Å². The SMILES string of the molecule is CCC(C)NC(=O)C(C)S(=O)CCC(=O)O. The molecule has 0 aliphatic rings. The minimum absolute atomic E-state index is 0.0183. The third-order valence-corrected chi connectivity index (χ3v) is 3.89. The van der Waals surface area contributed by atoms with Crippen LogP contribution in [0.3, 0.4) is 0 Å². The summed E-state index contributed by atoms with van der Waals surface area (Å²) in [5, 5.41) is 10.5. The van der Waals surface area contributed by atoms with Gasteiger partial charge in [0.05, 0.1) is 6.42 Å². The van der Waals surface area contributed by atoms with Crippen LogP contribution in [0.25, 0.3) is 0 Å². The Morgan fingerprint density at radius 2 is 1.94 bits per heavy atom. The molecule has 0 aliphatic carbocycles. The van der Waals surface area contributed by atoms with Crippen molar-refractivity contribution in [2.24, 2.45) is 0 Å². The average molecular weight is 249 g/mol. The van der Waals surface area contributed by atoms with Crippen LogP contribution in [0, 0.1) is 0 Å². The summed E-state index contributed by atoms with van der Waals surface area (Å²) < 4.78 is 11.5. The van der Waals surface area contributed by atoms with E-state index in [-0.39, 0.29) is 24.1 Å². The highest BCUT2D eigenvalue weighted by atomic mass is 32.2. The number of hydrogen-bond donors (Lipinski definition) is 2. The molecule has 6 heteroatoms. The maximum Gasteiger partial charge on any atom is 0.304 e. The smallest absolute Gasteiger partial charge is 0.304 e. The third kappa shape index (κ3) is 5.85. The van der Waals surface area contributed by atoms with Gasteiger partial charge in [0.15, 0.2) is 0 Å². The fraction of sp³-hybridized carbons (Fsp3) is 0.800. The first-order chi connectivity index (χ1) is 7.38. The number of amides is 1. The molecular weight excluding hydrogens is 230 g/mol. The van der Waals surface area contributed by atoms with Gasteiger partial charge in [-0.3, -0.25) is 13.8 Å². The number of aliphatic carboxylic acids is 1. The van der Waals surface area contributed by atoms with Crippen LogP contribution >= 0.6 is 0 Å². The molecule has 16 heavy (non-hydrogen) atoms. The molecule has 0 fully saturated rings. The monoisotopic (exact) mass is 249 g/mol. The molecule has 0 rings (SSSR count). The van der Waals surface area contributed by atoms with Crippen molar-refractivity contribution >= 4 is 22.7 Å². The molecule has 0 saturated heterocycles. The van der Waals surface area contributed by atoms with Gasteiger partial charge in [0.25, 0.3) is 0 Å². The minimum Gasteiger partial charge on any atom is -0.481 e. The Morgan fingerprint density at radius 1 is 1.38 bits per heavy atom. The van der Waals surface area contributed by atoms with Gasteiger partial charge in [0.2, 0.25) is 5.91 Å². The van der Waals surface area contributed by atoms with Crippen molar-refractivity contribution in [2.45, 2.75) is 44.9 Å². The van der Waals surface area contributed by atoms with Crippen LogP contribution < -0.4 is 5.32 Å². The predicted octanol–water partition coefficient (Wildman–Crippen LogP) is 0.513. The molecule has 0 aromatic carbocycles. The first-order valence-electron chi connectivity index (χ1n) is 5.27. The molecule has 2 N–H and O–H groups in total. The van der Waals surface area contributed by atoms with Gasteiger partial charge >= 0.3 is 5.97 Å². The summed E-state index contributed by atoms with van der Waals surface area (Å²) in [5.74, 6) is -1.26.